The molecule has 2 aliphatic heterocycles. The van der Waals surface area contributed by atoms with E-state index in [0.717, 1.165) is 11.3 Å². The topological polar surface area (TPSA) is 65.1 Å². The number of para-hydroxylation sites is 1. The van der Waals surface area contributed by atoms with Crippen molar-refractivity contribution in [1.82, 2.24) is 4.90 Å². The zero-order valence-electron chi connectivity index (χ0n) is 15.4. The second-order valence-corrected chi connectivity index (χ2v) is 6.63. The van der Waals surface area contributed by atoms with Gasteiger partial charge in [0.2, 0.25) is 6.10 Å². The third kappa shape index (κ3) is 3.92. The maximum atomic E-state index is 13.1. The first-order chi connectivity index (χ1) is 13.7. The van der Waals surface area contributed by atoms with Gasteiger partial charge < -0.3 is 19.1 Å². The average molecular weight is 379 g/mol. The van der Waals surface area contributed by atoms with Crippen molar-refractivity contribution in [3.05, 3.63) is 71.3 Å². The molecule has 1 amide bonds. The van der Waals surface area contributed by atoms with Crippen LogP contribution in [-0.2, 0) is 19.1 Å². The summed E-state index contributed by atoms with van der Waals surface area (Å²) in [5.41, 5.74) is 1.84. The standard InChI is InChI=1S/C22H21NO5/c24-21(23-10-12-26-13-11-23)20(16-6-2-1-3-7-16)28-22(25)18-14-17-8-4-5-9-19(17)27-15-18/h1-9,14,20H,10-13,15H2/t20-/m0/s1. The minimum absolute atomic E-state index is 0.114. The number of nitrogens with zero attached hydrogens (tertiary/aromatic N) is 1. The van der Waals surface area contributed by atoms with E-state index in [1.54, 1.807) is 23.1 Å². The molecule has 144 valence electrons. The van der Waals surface area contributed by atoms with Gasteiger partial charge in [-0.1, -0.05) is 48.5 Å². The van der Waals surface area contributed by atoms with E-state index in [-0.39, 0.29) is 12.5 Å². The Balaban J connectivity index is 1.56. The predicted octanol–water partition coefficient (Wildman–Crippen LogP) is 2.61. The molecule has 4 rings (SSSR count). The van der Waals surface area contributed by atoms with E-state index in [9.17, 15) is 9.59 Å². The summed E-state index contributed by atoms with van der Waals surface area (Å²) in [7, 11) is 0. The molecule has 1 fully saturated rings. The first-order valence-corrected chi connectivity index (χ1v) is 9.27. The fraction of sp³-hybridized carbons (Fsp3) is 0.273. The van der Waals surface area contributed by atoms with E-state index in [1.807, 2.05) is 42.5 Å². The third-order valence-electron chi connectivity index (χ3n) is 4.77. The Labute approximate surface area is 163 Å². The molecule has 2 heterocycles. The summed E-state index contributed by atoms with van der Waals surface area (Å²) in [6, 6.07) is 16.6. The Morgan fingerprint density at radius 3 is 2.46 bits per heavy atom. The second-order valence-electron chi connectivity index (χ2n) is 6.63. The number of hydrogen-bond donors (Lipinski definition) is 0. The van der Waals surface area contributed by atoms with E-state index in [0.29, 0.717) is 37.4 Å². The van der Waals surface area contributed by atoms with Crippen LogP contribution >= 0.6 is 0 Å². The number of esters is 1. The van der Waals surface area contributed by atoms with Crippen LogP contribution in [0.5, 0.6) is 5.75 Å². The van der Waals surface area contributed by atoms with Gasteiger partial charge in [0.05, 0.1) is 18.8 Å². The van der Waals surface area contributed by atoms with Crippen LogP contribution in [0.15, 0.2) is 60.2 Å². The van der Waals surface area contributed by atoms with E-state index < -0.39 is 12.1 Å². The molecule has 2 aliphatic rings. The minimum atomic E-state index is -0.995. The lowest BCUT2D eigenvalue weighted by molar-refractivity contribution is -0.160. The van der Waals surface area contributed by atoms with Crippen LogP contribution in [0.25, 0.3) is 6.08 Å². The summed E-state index contributed by atoms with van der Waals surface area (Å²) in [5, 5.41) is 0. The Bertz CT molecular complexity index is 887. The smallest absolute Gasteiger partial charge is 0.338 e. The molecule has 0 radical (unpaired) electrons. The summed E-state index contributed by atoms with van der Waals surface area (Å²) in [4.78, 5) is 27.5. The number of rotatable bonds is 4. The van der Waals surface area contributed by atoms with Crippen LogP contribution in [-0.4, -0.2) is 49.7 Å². The quantitative estimate of drug-likeness (QED) is 0.764. The Kier molecular flexibility index (Phi) is 5.39. The van der Waals surface area contributed by atoms with Crippen molar-refractivity contribution in [3.8, 4) is 5.75 Å². The van der Waals surface area contributed by atoms with Gasteiger partial charge in [0.1, 0.15) is 12.4 Å². The van der Waals surface area contributed by atoms with Gasteiger partial charge in [-0.2, -0.15) is 0 Å². The van der Waals surface area contributed by atoms with E-state index in [4.69, 9.17) is 14.2 Å². The molecule has 0 saturated carbocycles. The molecule has 0 unspecified atom stereocenters. The fourth-order valence-corrected chi connectivity index (χ4v) is 3.26. The van der Waals surface area contributed by atoms with Crippen LogP contribution < -0.4 is 4.74 Å². The number of hydrogen-bond acceptors (Lipinski definition) is 5. The molecule has 1 atom stereocenters. The number of carbonyl (C=O) groups excluding carboxylic acids is 2. The Hall–Kier alpha value is -3.12. The van der Waals surface area contributed by atoms with Gasteiger partial charge in [-0.05, 0) is 12.1 Å². The molecule has 0 spiro atoms. The van der Waals surface area contributed by atoms with Crippen LogP contribution in [0.2, 0.25) is 0 Å². The van der Waals surface area contributed by atoms with Crippen LogP contribution in [0, 0.1) is 0 Å². The molecule has 0 aliphatic carbocycles. The minimum Gasteiger partial charge on any atom is -0.488 e. The van der Waals surface area contributed by atoms with Gasteiger partial charge >= 0.3 is 5.97 Å². The Morgan fingerprint density at radius 1 is 0.964 bits per heavy atom. The number of amides is 1. The molecule has 6 nitrogen and oxygen atoms in total. The largest absolute Gasteiger partial charge is 0.488 e. The fourth-order valence-electron chi connectivity index (χ4n) is 3.26. The van der Waals surface area contributed by atoms with Crippen LogP contribution in [0.4, 0.5) is 0 Å². The van der Waals surface area contributed by atoms with E-state index in [1.165, 1.54) is 0 Å². The monoisotopic (exact) mass is 379 g/mol. The maximum absolute atomic E-state index is 13.1. The van der Waals surface area contributed by atoms with Crippen LogP contribution in [0.1, 0.15) is 17.2 Å². The molecule has 2 aromatic carbocycles. The highest BCUT2D eigenvalue weighted by Gasteiger charge is 2.32. The van der Waals surface area contributed by atoms with Gasteiger partial charge in [-0.3, -0.25) is 4.79 Å². The zero-order valence-corrected chi connectivity index (χ0v) is 15.4. The highest BCUT2D eigenvalue weighted by atomic mass is 16.6. The number of morpholine rings is 1. The van der Waals surface area contributed by atoms with Crippen molar-refractivity contribution in [2.45, 2.75) is 6.10 Å². The molecule has 0 aromatic heterocycles. The van der Waals surface area contributed by atoms with E-state index >= 15 is 0 Å². The average Bonchev–Trinajstić information content (AvgIpc) is 2.77. The first kappa shape index (κ1) is 18.3. The molecule has 0 bridgehead atoms. The highest BCUT2D eigenvalue weighted by molar-refractivity contribution is 5.97. The van der Waals surface area contributed by atoms with Crippen LogP contribution in [0.3, 0.4) is 0 Å². The first-order valence-electron chi connectivity index (χ1n) is 9.27. The molecule has 1 saturated heterocycles. The lowest BCUT2D eigenvalue weighted by atomic mass is 10.1. The van der Waals surface area contributed by atoms with E-state index in [2.05, 4.69) is 0 Å². The number of fused-ring (bicyclic) bond motifs is 1. The number of carbonyl (C=O) groups is 2. The SMILES string of the molecule is O=C(O[C@H](C(=O)N1CCOCC1)c1ccccc1)C1=Cc2ccccc2OC1. The molecular formula is C22H21NO5. The highest BCUT2D eigenvalue weighted by Crippen LogP contribution is 2.28. The zero-order chi connectivity index (χ0) is 19.3. The summed E-state index contributed by atoms with van der Waals surface area (Å²) in [5.74, 6) is -0.0615. The van der Waals surface area contributed by atoms with Gasteiger partial charge in [-0.25, -0.2) is 4.79 Å². The normalized spacial score (nSPS) is 17.0. The summed E-state index contributed by atoms with van der Waals surface area (Å²) in [6.45, 7) is 2.05. The Morgan fingerprint density at radius 2 is 1.68 bits per heavy atom. The predicted molar refractivity (Wildman–Crippen MR) is 103 cm³/mol. The maximum Gasteiger partial charge on any atom is 0.338 e. The van der Waals surface area contributed by atoms with Crippen molar-refractivity contribution in [1.29, 1.82) is 0 Å². The third-order valence-corrected chi connectivity index (χ3v) is 4.77. The van der Waals surface area contributed by atoms with Gasteiger partial charge in [0, 0.05) is 24.2 Å². The van der Waals surface area contributed by atoms with Gasteiger partial charge in [0.15, 0.2) is 0 Å². The lowest BCUT2D eigenvalue weighted by Crippen LogP contribution is -2.44. The number of ether oxygens (including phenoxy) is 3. The number of benzene rings is 2. The van der Waals surface area contributed by atoms with Crippen molar-refractivity contribution >= 4 is 18.0 Å². The van der Waals surface area contributed by atoms with Crippen molar-refractivity contribution in [2.24, 2.45) is 0 Å². The summed E-state index contributed by atoms with van der Waals surface area (Å²) < 4.78 is 16.6. The summed E-state index contributed by atoms with van der Waals surface area (Å²) in [6.07, 6.45) is 0.757. The van der Waals surface area contributed by atoms with Gasteiger partial charge in [-0.15, -0.1) is 0 Å². The van der Waals surface area contributed by atoms with Crippen molar-refractivity contribution < 1.29 is 23.8 Å². The van der Waals surface area contributed by atoms with Crippen molar-refractivity contribution in [3.63, 3.8) is 0 Å². The molecule has 28 heavy (non-hydrogen) atoms. The molecular weight excluding hydrogens is 358 g/mol. The molecule has 0 N–H and O–H groups in total. The summed E-state index contributed by atoms with van der Waals surface area (Å²) >= 11 is 0. The van der Waals surface area contributed by atoms with Gasteiger partial charge in [0.25, 0.3) is 5.91 Å². The lowest BCUT2D eigenvalue weighted by Gasteiger charge is -2.30. The molecule has 2 aromatic rings. The van der Waals surface area contributed by atoms with Crippen molar-refractivity contribution in [2.75, 3.05) is 32.9 Å². The second kappa shape index (κ2) is 8.27. The molecule has 6 heteroatoms.